The lowest BCUT2D eigenvalue weighted by molar-refractivity contribution is -0.127. The van der Waals surface area contributed by atoms with Gasteiger partial charge in [-0.1, -0.05) is 69.6 Å². The van der Waals surface area contributed by atoms with Crippen molar-refractivity contribution in [1.82, 2.24) is 4.90 Å². The fraction of sp³-hybridized carbons (Fsp3) is 0.476. The van der Waals surface area contributed by atoms with Crippen molar-refractivity contribution in [2.24, 2.45) is 11.8 Å². The maximum atomic E-state index is 12.6. The second-order valence-electron chi connectivity index (χ2n) is 7.36. The summed E-state index contributed by atoms with van der Waals surface area (Å²) in [6.07, 6.45) is 5.46. The van der Waals surface area contributed by atoms with Crippen LogP contribution in [0.25, 0.3) is 5.03 Å². The molecule has 0 heterocycles. The van der Waals surface area contributed by atoms with Crippen LogP contribution in [0, 0.1) is 11.8 Å². The molecule has 0 N–H and O–H groups in total. The van der Waals surface area contributed by atoms with Crippen LogP contribution in [0.15, 0.2) is 42.0 Å². The van der Waals surface area contributed by atoms with E-state index in [1.165, 1.54) is 5.56 Å². The van der Waals surface area contributed by atoms with Crippen molar-refractivity contribution in [1.29, 1.82) is 0 Å². The van der Waals surface area contributed by atoms with Gasteiger partial charge in [0.1, 0.15) is 0 Å². The van der Waals surface area contributed by atoms with Gasteiger partial charge in [0, 0.05) is 19.2 Å². The highest BCUT2D eigenvalue weighted by molar-refractivity contribution is 6.49. The van der Waals surface area contributed by atoms with E-state index >= 15 is 0 Å². The maximum Gasteiger partial charge on any atom is 0.246 e. The molecule has 1 amide bonds. The molecule has 24 heavy (non-hydrogen) atoms. The van der Waals surface area contributed by atoms with Crippen LogP contribution in [0.3, 0.4) is 0 Å². The molecule has 0 saturated carbocycles. The zero-order valence-electron chi connectivity index (χ0n) is 15.2. The summed E-state index contributed by atoms with van der Waals surface area (Å²) < 4.78 is 0. The number of allylic oxidation sites excluding steroid dienone is 2. The zero-order chi connectivity index (χ0) is 17.7. The van der Waals surface area contributed by atoms with Gasteiger partial charge in [0.15, 0.2) is 0 Å². The minimum atomic E-state index is 0.0771. The number of hydrogen-bond acceptors (Lipinski definition) is 1. The third kappa shape index (κ3) is 4.98. The molecular formula is C21H28ClNO. The number of benzene rings is 1. The predicted octanol–water partition coefficient (Wildman–Crippen LogP) is 5.28. The topological polar surface area (TPSA) is 20.3 Å². The summed E-state index contributed by atoms with van der Waals surface area (Å²) in [5, 5.41) is 0.778. The summed E-state index contributed by atoms with van der Waals surface area (Å²) in [5.74, 6) is 1.00. The Morgan fingerprint density at radius 1 is 1.12 bits per heavy atom. The number of aryl methyl sites for hydroxylation is 1. The molecule has 0 aromatic heterocycles. The molecule has 0 bridgehead atoms. The number of halogens is 1. The number of nitrogens with zero attached hydrogens (tertiary/aromatic N) is 1. The van der Waals surface area contributed by atoms with Crippen molar-refractivity contribution in [3.8, 4) is 0 Å². The van der Waals surface area contributed by atoms with E-state index in [-0.39, 0.29) is 5.91 Å². The van der Waals surface area contributed by atoms with Crippen LogP contribution in [-0.2, 0) is 11.2 Å². The molecule has 2 nitrogen and oxygen atoms in total. The van der Waals surface area contributed by atoms with Crippen molar-refractivity contribution in [2.75, 3.05) is 13.1 Å². The number of hydrogen-bond donors (Lipinski definition) is 0. The third-order valence-electron chi connectivity index (χ3n) is 4.11. The number of carbonyl (C=O) groups is 1. The molecule has 1 aliphatic rings. The van der Waals surface area contributed by atoms with E-state index in [1.54, 1.807) is 6.08 Å². The van der Waals surface area contributed by atoms with Crippen LogP contribution in [0.2, 0.25) is 0 Å². The fourth-order valence-corrected chi connectivity index (χ4v) is 3.42. The first-order valence-electron chi connectivity index (χ1n) is 8.82. The summed E-state index contributed by atoms with van der Waals surface area (Å²) >= 11 is 6.55. The minimum Gasteiger partial charge on any atom is -0.339 e. The molecule has 1 aromatic carbocycles. The Labute approximate surface area is 151 Å². The van der Waals surface area contributed by atoms with E-state index in [1.807, 2.05) is 23.1 Å². The molecule has 3 heteroatoms. The Morgan fingerprint density at radius 2 is 1.75 bits per heavy atom. The molecule has 0 aliphatic heterocycles. The zero-order valence-corrected chi connectivity index (χ0v) is 15.9. The number of amides is 1. The van der Waals surface area contributed by atoms with Gasteiger partial charge in [0.2, 0.25) is 5.91 Å². The Kier molecular flexibility index (Phi) is 6.68. The van der Waals surface area contributed by atoms with E-state index in [2.05, 4.69) is 39.8 Å². The summed E-state index contributed by atoms with van der Waals surface area (Å²) in [6.45, 7) is 10.1. The van der Waals surface area contributed by atoms with Gasteiger partial charge in [0.25, 0.3) is 0 Å². The molecule has 1 aliphatic carbocycles. The predicted molar refractivity (Wildman–Crippen MR) is 103 cm³/mol. The van der Waals surface area contributed by atoms with Crippen molar-refractivity contribution in [3.63, 3.8) is 0 Å². The van der Waals surface area contributed by atoms with Gasteiger partial charge in [-0.3, -0.25) is 4.79 Å². The molecule has 0 saturated heterocycles. The lowest BCUT2D eigenvalue weighted by Crippen LogP contribution is -2.35. The molecular weight excluding hydrogens is 318 g/mol. The second-order valence-corrected chi connectivity index (χ2v) is 7.74. The number of carbonyl (C=O) groups excluding carboxylic acids is 1. The summed E-state index contributed by atoms with van der Waals surface area (Å²) in [5.41, 5.74) is 3.43. The number of rotatable bonds is 6. The van der Waals surface area contributed by atoms with Crippen LogP contribution in [0.4, 0.5) is 0 Å². The molecule has 0 unspecified atom stereocenters. The Morgan fingerprint density at radius 3 is 2.38 bits per heavy atom. The second kappa shape index (κ2) is 8.53. The molecule has 130 valence electrons. The molecule has 0 atom stereocenters. The smallest absolute Gasteiger partial charge is 0.246 e. The molecule has 2 rings (SSSR count). The van der Waals surface area contributed by atoms with Gasteiger partial charge in [-0.25, -0.2) is 0 Å². The fourth-order valence-electron chi connectivity index (χ4n) is 3.07. The molecule has 0 fully saturated rings. The Balaban J connectivity index is 2.15. The largest absolute Gasteiger partial charge is 0.339 e. The first kappa shape index (κ1) is 18.8. The SMILES string of the molecule is CC(C)CN(CC(C)C)C(=O)C=CC1=C(Cl)c2ccccc2CC1. The van der Waals surface area contributed by atoms with Crippen molar-refractivity contribution < 1.29 is 4.79 Å². The highest BCUT2D eigenvalue weighted by Gasteiger charge is 2.17. The summed E-state index contributed by atoms with van der Waals surface area (Å²) in [6, 6.07) is 8.22. The van der Waals surface area contributed by atoms with Gasteiger partial charge in [-0.15, -0.1) is 0 Å². The Bertz CT molecular complexity index is 633. The third-order valence-corrected chi connectivity index (χ3v) is 4.56. The minimum absolute atomic E-state index is 0.0771. The highest BCUT2D eigenvalue weighted by atomic mass is 35.5. The number of fused-ring (bicyclic) bond motifs is 1. The molecule has 0 radical (unpaired) electrons. The highest BCUT2D eigenvalue weighted by Crippen LogP contribution is 2.34. The lowest BCUT2D eigenvalue weighted by Gasteiger charge is -2.25. The van der Waals surface area contributed by atoms with Crippen molar-refractivity contribution >= 4 is 22.5 Å². The summed E-state index contributed by atoms with van der Waals surface area (Å²) in [4.78, 5) is 14.5. The van der Waals surface area contributed by atoms with Gasteiger partial charge in [-0.05, 0) is 41.4 Å². The van der Waals surface area contributed by atoms with Crippen LogP contribution in [-0.4, -0.2) is 23.9 Å². The monoisotopic (exact) mass is 345 g/mol. The average molecular weight is 346 g/mol. The van der Waals surface area contributed by atoms with Crippen molar-refractivity contribution in [3.05, 3.63) is 53.1 Å². The van der Waals surface area contributed by atoms with Crippen LogP contribution in [0.5, 0.6) is 0 Å². The summed E-state index contributed by atoms with van der Waals surface area (Å²) in [7, 11) is 0. The van der Waals surface area contributed by atoms with Crippen LogP contribution >= 0.6 is 11.6 Å². The van der Waals surface area contributed by atoms with Gasteiger partial charge < -0.3 is 4.90 Å². The van der Waals surface area contributed by atoms with Crippen molar-refractivity contribution in [2.45, 2.75) is 40.5 Å². The van der Waals surface area contributed by atoms with Gasteiger partial charge >= 0.3 is 0 Å². The lowest BCUT2D eigenvalue weighted by atomic mass is 9.92. The van der Waals surface area contributed by atoms with E-state index in [9.17, 15) is 4.79 Å². The maximum absolute atomic E-state index is 12.6. The Hall–Kier alpha value is -1.54. The van der Waals surface area contributed by atoms with E-state index in [4.69, 9.17) is 11.6 Å². The molecule has 0 spiro atoms. The van der Waals surface area contributed by atoms with Crippen LogP contribution in [0.1, 0.15) is 45.2 Å². The van der Waals surface area contributed by atoms with Gasteiger partial charge in [0.05, 0.1) is 5.03 Å². The van der Waals surface area contributed by atoms with E-state index < -0.39 is 0 Å². The normalized spacial score (nSPS) is 14.6. The van der Waals surface area contributed by atoms with Gasteiger partial charge in [-0.2, -0.15) is 0 Å². The molecule has 1 aromatic rings. The first-order chi connectivity index (χ1) is 11.4. The van der Waals surface area contributed by atoms with Crippen LogP contribution < -0.4 is 0 Å². The van der Waals surface area contributed by atoms with E-state index in [0.717, 1.165) is 42.1 Å². The quantitative estimate of drug-likeness (QED) is 0.642. The first-order valence-corrected chi connectivity index (χ1v) is 9.20. The van der Waals surface area contributed by atoms with E-state index in [0.29, 0.717) is 11.8 Å². The average Bonchev–Trinajstić information content (AvgIpc) is 2.52. The standard InChI is InChI=1S/C21H28ClNO/c1-15(2)13-23(14-16(3)4)20(24)12-11-18-10-9-17-7-5-6-8-19(17)21(18)22/h5-8,11-12,15-16H,9-10,13-14H2,1-4H3.